The Bertz CT molecular complexity index is 406. The highest BCUT2D eigenvalue weighted by Crippen LogP contribution is 2.16. The van der Waals surface area contributed by atoms with Gasteiger partial charge in [0.15, 0.2) is 0 Å². The molecule has 0 bridgehead atoms. The predicted octanol–water partition coefficient (Wildman–Crippen LogP) is 2.07. The van der Waals surface area contributed by atoms with Crippen molar-refractivity contribution in [2.45, 2.75) is 19.8 Å². The summed E-state index contributed by atoms with van der Waals surface area (Å²) >= 11 is 0. The Morgan fingerprint density at radius 3 is 2.27 bits per heavy atom. The van der Waals surface area contributed by atoms with Crippen molar-refractivity contribution in [3.8, 4) is 0 Å². The Balaban J connectivity index is 2.61. The fourth-order valence-corrected chi connectivity index (χ4v) is 1.67. The minimum atomic E-state index is -3.34. The molecule has 0 aromatic heterocycles. The van der Waals surface area contributed by atoms with Crippen LogP contribution in [0.4, 0.5) is 0 Å². The molecule has 0 spiro atoms. The minimum absolute atomic E-state index is 0.0836. The number of benzene rings is 1. The van der Waals surface area contributed by atoms with Gasteiger partial charge in [-0.2, -0.15) is 8.42 Å². The lowest BCUT2D eigenvalue weighted by molar-refractivity contribution is 0.301. The molecule has 84 valence electrons. The zero-order chi connectivity index (χ0) is 11.5. The summed E-state index contributed by atoms with van der Waals surface area (Å²) in [5, 5.41) is 0. The van der Waals surface area contributed by atoms with Crippen molar-refractivity contribution < 1.29 is 12.6 Å². The van der Waals surface area contributed by atoms with Gasteiger partial charge in [0.1, 0.15) is 0 Å². The Labute approximate surface area is 91.2 Å². The summed E-state index contributed by atoms with van der Waals surface area (Å²) in [5.74, 6) is 0.0836. The third-order valence-corrected chi connectivity index (χ3v) is 2.74. The number of aryl methyl sites for hydroxylation is 1. The first-order valence-corrected chi connectivity index (χ1v) is 6.61. The summed E-state index contributed by atoms with van der Waals surface area (Å²) in [6.45, 7) is 4.15. The van der Waals surface area contributed by atoms with Gasteiger partial charge in [-0.25, -0.2) is 0 Å². The first-order chi connectivity index (χ1) is 6.88. The van der Waals surface area contributed by atoms with Crippen LogP contribution in [0, 0.1) is 6.92 Å². The van der Waals surface area contributed by atoms with Crippen molar-refractivity contribution >= 4 is 10.1 Å². The van der Waals surface area contributed by atoms with Crippen molar-refractivity contribution in [1.29, 1.82) is 0 Å². The van der Waals surface area contributed by atoms with Gasteiger partial charge in [-0.1, -0.05) is 36.8 Å². The predicted molar refractivity (Wildman–Crippen MR) is 60.4 cm³/mol. The molecule has 0 aliphatic rings. The molecule has 0 aliphatic carbocycles. The topological polar surface area (TPSA) is 43.4 Å². The molecule has 1 aromatic rings. The van der Waals surface area contributed by atoms with E-state index in [9.17, 15) is 8.42 Å². The third-order valence-electron chi connectivity index (χ3n) is 2.18. The van der Waals surface area contributed by atoms with Gasteiger partial charge >= 0.3 is 0 Å². The highest BCUT2D eigenvalue weighted by molar-refractivity contribution is 7.85. The molecule has 0 saturated carbocycles. The zero-order valence-corrected chi connectivity index (χ0v) is 10.0. The van der Waals surface area contributed by atoms with Crippen LogP contribution >= 0.6 is 0 Å². The largest absolute Gasteiger partial charge is 0.270 e. The molecule has 0 heterocycles. The van der Waals surface area contributed by atoms with Crippen LogP contribution < -0.4 is 0 Å². The van der Waals surface area contributed by atoms with Gasteiger partial charge in [0, 0.05) is 5.92 Å². The summed E-state index contributed by atoms with van der Waals surface area (Å²) in [6, 6.07) is 8.00. The van der Waals surface area contributed by atoms with Gasteiger partial charge in [-0.15, -0.1) is 0 Å². The fraction of sp³-hybridized carbons (Fsp3) is 0.455. The van der Waals surface area contributed by atoms with Gasteiger partial charge < -0.3 is 0 Å². The second-order valence-corrected chi connectivity index (χ2v) is 5.44. The van der Waals surface area contributed by atoms with Crippen LogP contribution in [-0.2, 0) is 14.3 Å². The van der Waals surface area contributed by atoms with E-state index < -0.39 is 10.1 Å². The van der Waals surface area contributed by atoms with E-state index in [-0.39, 0.29) is 12.5 Å². The molecular formula is C11H16O3S. The van der Waals surface area contributed by atoms with E-state index >= 15 is 0 Å². The van der Waals surface area contributed by atoms with Gasteiger partial charge in [0.05, 0.1) is 12.9 Å². The summed E-state index contributed by atoms with van der Waals surface area (Å²) in [7, 11) is -3.34. The van der Waals surface area contributed by atoms with E-state index in [2.05, 4.69) is 0 Å². The van der Waals surface area contributed by atoms with E-state index in [1.807, 2.05) is 38.1 Å². The molecular weight excluding hydrogens is 212 g/mol. The van der Waals surface area contributed by atoms with Crippen molar-refractivity contribution in [3.63, 3.8) is 0 Å². The Morgan fingerprint density at radius 1 is 1.27 bits per heavy atom. The Kier molecular flexibility index (Phi) is 3.88. The molecule has 4 heteroatoms. The molecule has 0 N–H and O–H groups in total. The number of hydrogen-bond donors (Lipinski definition) is 0. The van der Waals surface area contributed by atoms with Crippen LogP contribution in [-0.4, -0.2) is 21.3 Å². The molecule has 0 saturated heterocycles. The van der Waals surface area contributed by atoms with Crippen LogP contribution in [0.25, 0.3) is 0 Å². The number of hydrogen-bond acceptors (Lipinski definition) is 3. The lowest BCUT2D eigenvalue weighted by atomic mass is 10.0. The lowest BCUT2D eigenvalue weighted by Gasteiger charge is -2.11. The normalized spacial score (nSPS) is 13.8. The van der Waals surface area contributed by atoms with E-state index in [0.29, 0.717) is 0 Å². The maximum Gasteiger partial charge on any atom is 0.264 e. The quantitative estimate of drug-likeness (QED) is 0.741. The lowest BCUT2D eigenvalue weighted by Crippen LogP contribution is -2.09. The third kappa shape index (κ3) is 4.44. The van der Waals surface area contributed by atoms with E-state index in [1.54, 1.807) is 0 Å². The first kappa shape index (κ1) is 12.2. The highest BCUT2D eigenvalue weighted by Gasteiger charge is 2.09. The molecule has 1 atom stereocenters. The van der Waals surface area contributed by atoms with Crippen LogP contribution in [0.2, 0.25) is 0 Å². The van der Waals surface area contributed by atoms with Crippen LogP contribution in [0.1, 0.15) is 24.0 Å². The zero-order valence-electron chi connectivity index (χ0n) is 9.23. The fourth-order valence-electron chi connectivity index (χ4n) is 1.22. The molecule has 3 nitrogen and oxygen atoms in total. The molecule has 15 heavy (non-hydrogen) atoms. The molecule has 1 rings (SSSR count). The summed E-state index contributed by atoms with van der Waals surface area (Å²) < 4.78 is 26.3. The van der Waals surface area contributed by atoms with Crippen molar-refractivity contribution in [1.82, 2.24) is 0 Å². The van der Waals surface area contributed by atoms with E-state index in [4.69, 9.17) is 4.18 Å². The second-order valence-electron chi connectivity index (χ2n) is 3.80. The van der Waals surface area contributed by atoms with Crippen LogP contribution in [0.5, 0.6) is 0 Å². The maximum atomic E-state index is 10.8. The second kappa shape index (κ2) is 4.77. The highest BCUT2D eigenvalue weighted by atomic mass is 32.2. The van der Waals surface area contributed by atoms with Gasteiger partial charge in [-0.05, 0) is 12.5 Å². The smallest absolute Gasteiger partial charge is 0.264 e. The number of rotatable bonds is 4. The maximum absolute atomic E-state index is 10.8. The molecule has 0 radical (unpaired) electrons. The summed E-state index contributed by atoms with van der Waals surface area (Å²) in [5.41, 5.74) is 2.28. The van der Waals surface area contributed by atoms with Crippen LogP contribution in [0.3, 0.4) is 0 Å². The summed E-state index contributed by atoms with van der Waals surface area (Å²) in [4.78, 5) is 0. The van der Waals surface area contributed by atoms with Gasteiger partial charge in [-0.3, -0.25) is 4.18 Å². The Morgan fingerprint density at radius 2 is 1.80 bits per heavy atom. The van der Waals surface area contributed by atoms with Gasteiger partial charge in [0.2, 0.25) is 0 Å². The Hall–Kier alpha value is -0.870. The molecule has 0 fully saturated rings. The van der Waals surface area contributed by atoms with Crippen molar-refractivity contribution in [2.24, 2.45) is 0 Å². The van der Waals surface area contributed by atoms with E-state index in [1.165, 1.54) is 5.56 Å². The summed E-state index contributed by atoms with van der Waals surface area (Å²) in [6.07, 6.45) is 1.06. The van der Waals surface area contributed by atoms with E-state index in [0.717, 1.165) is 11.8 Å². The van der Waals surface area contributed by atoms with Gasteiger partial charge in [0.25, 0.3) is 10.1 Å². The molecule has 0 unspecified atom stereocenters. The standard InChI is InChI=1S/C11H16O3S/c1-9-4-6-11(7-5-9)10(2)8-14-15(3,12)13/h4-7,10H,8H2,1-3H3/t10-/m0/s1. The molecule has 0 amide bonds. The van der Waals surface area contributed by atoms with Crippen molar-refractivity contribution in [3.05, 3.63) is 35.4 Å². The minimum Gasteiger partial charge on any atom is -0.270 e. The van der Waals surface area contributed by atoms with Crippen molar-refractivity contribution in [2.75, 3.05) is 12.9 Å². The first-order valence-electron chi connectivity index (χ1n) is 4.79. The molecule has 0 aliphatic heterocycles. The monoisotopic (exact) mass is 228 g/mol. The van der Waals surface area contributed by atoms with Crippen LogP contribution in [0.15, 0.2) is 24.3 Å². The average Bonchev–Trinajstić information content (AvgIpc) is 2.14. The SMILES string of the molecule is Cc1ccc([C@@H](C)COS(C)(=O)=O)cc1. The average molecular weight is 228 g/mol. The molecule has 1 aromatic carbocycles.